The fraction of sp³-hybridized carbons (Fsp3) is 0. The van der Waals surface area contributed by atoms with Crippen LogP contribution in [-0.4, -0.2) is 9.61 Å². The predicted octanol–water partition coefficient (Wildman–Crippen LogP) is 1.44. The van der Waals surface area contributed by atoms with Crippen LogP contribution in [-0.2, 0) is 20.1 Å². The van der Waals surface area contributed by atoms with E-state index < -0.39 is 0 Å². The van der Waals surface area contributed by atoms with Crippen molar-refractivity contribution in [2.24, 2.45) is 0 Å². The molecule has 0 unspecified atom stereocenters. The van der Waals surface area contributed by atoms with Gasteiger partial charge in [0.2, 0.25) is 0 Å². The maximum atomic E-state index is 4.22. The van der Waals surface area contributed by atoms with E-state index in [0.29, 0.717) is 0 Å². The van der Waals surface area contributed by atoms with E-state index in [1.54, 1.807) is 12.4 Å². The first-order chi connectivity index (χ1) is 5.95. The van der Waals surface area contributed by atoms with Crippen molar-refractivity contribution in [3.05, 3.63) is 36.7 Å². The van der Waals surface area contributed by atoms with Gasteiger partial charge in [0, 0.05) is 26.3 Å². The molecular weight excluding hydrogens is 342 g/mol. The van der Waals surface area contributed by atoms with E-state index in [0.717, 1.165) is 16.6 Å². The van der Waals surface area contributed by atoms with Gasteiger partial charge in [-0.2, -0.15) is 0 Å². The maximum absolute atomic E-state index is 4.22. The third kappa shape index (κ3) is 1.10. The average molecular weight is 348 g/mol. The van der Waals surface area contributed by atoms with E-state index in [-0.39, 0.29) is 20.1 Å². The van der Waals surface area contributed by atoms with Crippen LogP contribution in [0.4, 0.5) is 0 Å². The first-order valence-electron chi connectivity index (χ1n) is 3.79. The summed E-state index contributed by atoms with van der Waals surface area (Å²) < 4.78 is 1.84. The summed E-state index contributed by atoms with van der Waals surface area (Å²) in [7, 11) is 0. The van der Waals surface area contributed by atoms with E-state index in [4.69, 9.17) is 0 Å². The van der Waals surface area contributed by atoms with Crippen LogP contribution in [0, 0.1) is 0 Å². The van der Waals surface area contributed by atoms with E-state index >= 15 is 0 Å². The van der Waals surface area contributed by atoms with Gasteiger partial charge in [-0.1, -0.05) is 24.4 Å². The van der Waals surface area contributed by atoms with Crippen LogP contribution in [0.1, 0.15) is 0 Å². The smallest absolute Gasteiger partial charge is 0.0265 e. The summed E-state index contributed by atoms with van der Waals surface area (Å²) in [5, 5.41) is 5.30. The average Bonchev–Trinajstić information content (AvgIpc) is 2.71. The van der Waals surface area contributed by atoms with Crippen molar-refractivity contribution in [2.75, 3.05) is 0 Å². The maximum Gasteiger partial charge on any atom is 0.0265 e. The molecule has 3 aromatic heterocycles. The second-order valence-corrected chi connectivity index (χ2v) is 2.72. The van der Waals surface area contributed by atoms with Crippen LogP contribution in [0.25, 0.3) is 16.6 Å². The van der Waals surface area contributed by atoms with Crippen molar-refractivity contribution in [2.45, 2.75) is 0 Å². The molecule has 0 atom stereocenters. The molecule has 3 rings (SSSR count). The summed E-state index contributed by atoms with van der Waals surface area (Å²) >= 11 is 0. The number of nitrogens with zero attached hydrogens (tertiary/aromatic N) is 3. The van der Waals surface area contributed by atoms with Gasteiger partial charge in [0.15, 0.2) is 0 Å². The third-order valence-corrected chi connectivity index (χ3v) is 2.02. The molecule has 0 aromatic carbocycles. The quantitative estimate of drug-likeness (QED) is 0.616. The molecule has 0 aliphatic carbocycles. The molecule has 1 radical (unpaired) electrons. The molecule has 4 heteroatoms. The minimum atomic E-state index is 0. The van der Waals surface area contributed by atoms with Crippen LogP contribution in [0.15, 0.2) is 36.7 Å². The minimum Gasteiger partial charge on any atom is -0.441 e. The zero-order valence-corrected chi connectivity index (χ0v) is 9.03. The molecule has 13 heavy (non-hydrogen) atoms. The van der Waals surface area contributed by atoms with Gasteiger partial charge >= 0.3 is 0 Å². The van der Waals surface area contributed by atoms with Crippen molar-refractivity contribution in [1.29, 1.82) is 0 Å². The first kappa shape index (κ1) is 8.48. The molecule has 0 saturated carbocycles. The Bertz CT molecular complexity index is 488. The van der Waals surface area contributed by atoms with Gasteiger partial charge in [-0.3, -0.25) is 5.10 Å². The Labute approximate surface area is 88.1 Å². The molecule has 0 aliphatic heterocycles. The molecule has 3 heterocycles. The van der Waals surface area contributed by atoms with Crippen molar-refractivity contribution in [3.63, 3.8) is 0 Å². The molecule has 3 aromatic rings. The Hall–Kier alpha value is -1.12. The van der Waals surface area contributed by atoms with E-state index in [1.807, 2.05) is 22.7 Å². The Morgan fingerprint density at radius 2 is 2.08 bits per heavy atom. The number of hydrogen-bond acceptors (Lipinski definition) is 1. The molecule has 67 valence electrons. The van der Waals surface area contributed by atoms with Crippen molar-refractivity contribution < 1.29 is 20.1 Å². The summed E-state index contributed by atoms with van der Waals surface area (Å²) in [5.41, 5.74) is 2.01. The van der Waals surface area contributed by atoms with Crippen LogP contribution < -0.4 is 4.98 Å². The van der Waals surface area contributed by atoms with Gasteiger partial charge in [-0.25, -0.2) is 0 Å². The van der Waals surface area contributed by atoms with E-state index in [1.165, 1.54) is 0 Å². The molecule has 0 aliphatic rings. The van der Waals surface area contributed by atoms with Gasteiger partial charge < -0.3 is 9.50 Å². The number of aromatic nitrogens is 3. The fourth-order valence-corrected chi connectivity index (χ4v) is 1.44. The Balaban J connectivity index is 0.000000653. The molecule has 0 amide bonds. The molecular formula is C9H6IrN3-. The van der Waals surface area contributed by atoms with Crippen LogP contribution >= 0.6 is 0 Å². The van der Waals surface area contributed by atoms with Crippen molar-refractivity contribution in [1.82, 2.24) is 14.6 Å². The molecule has 0 fully saturated rings. The second kappa shape index (κ2) is 2.98. The molecule has 3 nitrogen and oxygen atoms in total. The fourth-order valence-electron chi connectivity index (χ4n) is 1.44. The van der Waals surface area contributed by atoms with Gasteiger partial charge in [0.25, 0.3) is 0 Å². The monoisotopic (exact) mass is 349 g/mol. The summed E-state index contributed by atoms with van der Waals surface area (Å²) in [6, 6.07) is 8.04. The van der Waals surface area contributed by atoms with Crippen LogP contribution in [0.3, 0.4) is 0 Å². The van der Waals surface area contributed by atoms with E-state index in [9.17, 15) is 0 Å². The summed E-state index contributed by atoms with van der Waals surface area (Å²) in [4.78, 5) is 4.22. The molecule has 0 N–H and O–H groups in total. The topological polar surface area (TPSA) is 31.4 Å². The zero-order chi connectivity index (χ0) is 7.97. The molecule has 0 spiro atoms. The van der Waals surface area contributed by atoms with Gasteiger partial charge in [-0.15, -0.1) is 0 Å². The zero-order valence-electron chi connectivity index (χ0n) is 6.64. The molecule has 0 saturated heterocycles. The Morgan fingerprint density at radius 3 is 3.00 bits per heavy atom. The van der Waals surface area contributed by atoms with E-state index in [2.05, 4.69) is 16.1 Å². The number of rotatable bonds is 0. The SMILES string of the molecule is [Ir].c1cc2ccc3cc[n-]c3n2n1. The number of hydrogen-bond donors (Lipinski definition) is 0. The number of fused-ring (bicyclic) bond motifs is 3. The minimum absolute atomic E-state index is 0. The summed E-state index contributed by atoms with van der Waals surface area (Å²) in [5.74, 6) is 0. The van der Waals surface area contributed by atoms with Crippen molar-refractivity contribution in [3.8, 4) is 0 Å². The van der Waals surface area contributed by atoms with Crippen molar-refractivity contribution >= 4 is 16.6 Å². The van der Waals surface area contributed by atoms with Gasteiger partial charge in [-0.05, 0) is 22.6 Å². The standard InChI is InChI=1S/C9H6N3.Ir/c1-2-8-4-6-11-12(8)9-7(1)3-5-10-9;/h1-6H;/q-1;. The van der Waals surface area contributed by atoms with Gasteiger partial charge in [0.1, 0.15) is 0 Å². The summed E-state index contributed by atoms with van der Waals surface area (Å²) in [6.45, 7) is 0. The number of pyridine rings is 1. The third-order valence-electron chi connectivity index (χ3n) is 2.02. The van der Waals surface area contributed by atoms with Crippen LogP contribution in [0.2, 0.25) is 0 Å². The van der Waals surface area contributed by atoms with Crippen LogP contribution in [0.5, 0.6) is 0 Å². The predicted molar refractivity (Wildman–Crippen MR) is 46.0 cm³/mol. The Morgan fingerprint density at radius 1 is 1.15 bits per heavy atom. The van der Waals surface area contributed by atoms with Gasteiger partial charge in [0.05, 0.1) is 0 Å². The normalized spacial score (nSPS) is 10.5. The molecule has 0 bridgehead atoms. The first-order valence-corrected chi connectivity index (χ1v) is 3.79. The Kier molecular flexibility index (Phi) is 1.94. The summed E-state index contributed by atoms with van der Waals surface area (Å²) in [6.07, 6.45) is 3.58. The second-order valence-electron chi connectivity index (χ2n) is 2.72. The largest absolute Gasteiger partial charge is 0.441 e.